The maximum Gasteiger partial charge on any atom is 0.338 e. The van der Waals surface area contributed by atoms with Crippen LogP contribution in [0.15, 0.2) is 105 Å². The molecule has 0 saturated carbocycles. The standard InChI is InChI=1S/C35H28N2O7S/c1-4-43-34(41)29-30(21-10-6-5-7-11-21)36-35-37(31(29)22-12-8-13-23(18-22)42-3)32(38)28(45-35)19-24-16-17-27(44-24)25-14-9-15-26(20(25)2)33(39)40/h5-19,31H,4H2,1-3H3,(H,39,40)/b28-19-/t31-/m0/s1. The molecule has 0 saturated heterocycles. The molecule has 0 aliphatic carbocycles. The highest BCUT2D eigenvalue weighted by molar-refractivity contribution is 7.07. The van der Waals surface area contributed by atoms with Crippen molar-refractivity contribution in [3.63, 3.8) is 0 Å². The summed E-state index contributed by atoms with van der Waals surface area (Å²) in [5.74, 6) is -0.149. The monoisotopic (exact) mass is 620 g/mol. The number of furan rings is 1. The average Bonchev–Trinajstić information content (AvgIpc) is 3.64. The summed E-state index contributed by atoms with van der Waals surface area (Å²) < 4.78 is 18.9. The van der Waals surface area contributed by atoms with Gasteiger partial charge in [-0.3, -0.25) is 9.36 Å². The number of ether oxygens (including phenoxy) is 2. The van der Waals surface area contributed by atoms with E-state index in [1.165, 1.54) is 15.9 Å². The molecule has 3 aromatic carbocycles. The number of carbonyl (C=O) groups is 2. The van der Waals surface area contributed by atoms with Crippen LogP contribution in [0.4, 0.5) is 0 Å². The summed E-state index contributed by atoms with van der Waals surface area (Å²) in [5.41, 5.74) is 3.06. The summed E-state index contributed by atoms with van der Waals surface area (Å²) >= 11 is 1.18. The molecule has 1 atom stereocenters. The molecule has 9 nitrogen and oxygen atoms in total. The van der Waals surface area contributed by atoms with Gasteiger partial charge in [0.2, 0.25) is 0 Å². The van der Waals surface area contributed by atoms with Crippen molar-refractivity contribution in [2.75, 3.05) is 13.7 Å². The highest BCUT2D eigenvalue weighted by Gasteiger charge is 2.35. The molecular formula is C35H28N2O7S. The smallest absolute Gasteiger partial charge is 0.338 e. The molecule has 226 valence electrons. The van der Waals surface area contributed by atoms with Crippen molar-refractivity contribution in [1.29, 1.82) is 0 Å². The second-order valence-electron chi connectivity index (χ2n) is 10.2. The normalized spacial score (nSPS) is 14.6. The lowest BCUT2D eigenvalue weighted by Gasteiger charge is -2.26. The number of aromatic nitrogens is 1. The SMILES string of the molecule is CCOC(=O)C1=C(c2ccccc2)N=c2s/c(=C\c3ccc(-c4cccc(C(=O)O)c4C)o3)c(=O)n2[C@H]1c1cccc(OC)c1. The van der Waals surface area contributed by atoms with Crippen molar-refractivity contribution >= 4 is 35.0 Å². The Morgan fingerprint density at radius 2 is 1.82 bits per heavy atom. The van der Waals surface area contributed by atoms with E-state index in [9.17, 15) is 19.5 Å². The minimum atomic E-state index is -1.02. The van der Waals surface area contributed by atoms with Crippen LogP contribution in [0.2, 0.25) is 0 Å². The number of hydrogen-bond donors (Lipinski definition) is 1. The average molecular weight is 621 g/mol. The molecule has 10 heteroatoms. The van der Waals surface area contributed by atoms with Gasteiger partial charge >= 0.3 is 11.9 Å². The van der Waals surface area contributed by atoms with Gasteiger partial charge in [-0.05, 0) is 55.3 Å². The van der Waals surface area contributed by atoms with Crippen LogP contribution in [0, 0.1) is 6.92 Å². The first kappa shape index (κ1) is 29.6. The molecule has 0 amide bonds. The summed E-state index contributed by atoms with van der Waals surface area (Å²) in [7, 11) is 1.55. The van der Waals surface area contributed by atoms with Gasteiger partial charge in [-0.15, -0.1) is 0 Å². The molecule has 2 aromatic heterocycles. The predicted molar refractivity (Wildman–Crippen MR) is 170 cm³/mol. The van der Waals surface area contributed by atoms with Crippen LogP contribution in [0.25, 0.3) is 23.1 Å². The Morgan fingerprint density at radius 1 is 1.04 bits per heavy atom. The van der Waals surface area contributed by atoms with E-state index in [0.29, 0.717) is 54.6 Å². The Labute approximate surface area is 261 Å². The van der Waals surface area contributed by atoms with E-state index in [1.807, 2.05) is 36.4 Å². The zero-order valence-electron chi connectivity index (χ0n) is 24.6. The van der Waals surface area contributed by atoms with Crippen LogP contribution in [0.5, 0.6) is 5.75 Å². The molecule has 5 aromatic rings. The van der Waals surface area contributed by atoms with Crippen molar-refractivity contribution < 1.29 is 28.6 Å². The van der Waals surface area contributed by atoms with Crippen LogP contribution in [-0.2, 0) is 9.53 Å². The quantitative estimate of drug-likeness (QED) is 0.237. The second-order valence-corrected chi connectivity index (χ2v) is 11.2. The largest absolute Gasteiger partial charge is 0.497 e. The van der Waals surface area contributed by atoms with Gasteiger partial charge in [-0.1, -0.05) is 65.9 Å². The first-order chi connectivity index (χ1) is 21.8. The van der Waals surface area contributed by atoms with Gasteiger partial charge in [0.05, 0.1) is 41.1 Å². The van der Waals surface area contributed by atoms with Gasteiger partial charge in [0.15, 0.2) is 4.80 Å². The Kier molecular flexibility index (Phi) is 8.06. The Balaban J connectivity index is 1.55. The summed E-state index contributed by atoms with van der Waals surface area (Å²) in [6, 6.07) is 24.2. The number of carboxylic acids is 1. The van der Waals surface area contributed by atoms with Crippen LogP contribution in [0.3, 0.4) is 0 Å². The lowest BCUT2D eigenvalue weighted by atomic mass is 9.93. The number of thiazole rings is 1. The number of hydrogen-bond acceptors (Lipinski definition) is 8. The second kappa shape index (κ2) is 12.3. The molecule has 0 fully saturated rings. The third-order valence-electron chi connectivity index (χ3n) is 7.51. The molecule has 6 rings (SSSR count). The van der Waals surface area contributed by atoms with Gasteiger partial charge in [0.1, 0.15) is 17.3 Å². The minimum Gasteiger partial charge on any atom is -0.497 e. The van der Waals surface area contributed by atoms with Gasteiger partial charge < -0.3 is 19.0 Å². The molecular weight excluding hydrogens is 592 g/mol. The number of aromatic carboxylic acids is 1. The van der Waals surface area contributed by atoms with Gasteiger partial charge in [-0.2, -0.15) is 0 Å². The molecule has 45 heavy (non-hydrogen) atoms. The Bertz CT molecular complexity index is 2160. The molecule has 0 bridgehead atoms. The molecule has 1 N–H and O–H groups in total. The third kappa shape index (κ3) is 5.51. The van der Waals surface area contributed by atoms with E-state index < -0.39 is 18.0 Å². The van der Waals surface area contributed by atoms with Gasteiger partial charge in [-0.25, -0.2) is 14.6 Å². The van der Waals surface area contributed by atoms with E-state index >= 15 is 0 Å². The number of nitrogens with zero attached hydrogens (tertiary/aromatic N) is 2. The van der Waals surface area contributed by atoms with Crippen molar-refractivity contribution in [3.8, 4) is 17.1 Å². The predicted octanol–water partition coefficient (Wildman–Crippen LogP) is 5.21. The molecule has 1 aliphatic heterocycles. The topological polar surface area (TPSA) is 120 Å². The molecule has 0 unspecified atom stereocenters. The first-order valence-corrected chi connectivity index (χ1v) is 15.0. The van der Waals surface area contributed by atoms with E-state index in [1.54, 1.807) is 75.6 Å². The zero-order valence-corrected chi connectivity index (χ0v) is 25.5. The Hall–Kier alpha value is -5.48. The fourth-order valence-corrected chi connectivity index (χ4v) is 6.39. The number of fused-ring (bicyclic) bond motifs is 1. The fourth-order valence-electron chi connectivity index (χ4n) is 5.41. The van der Waals surface area contributed by atoms with Crippen LogP contribution in [0.1, 0.15) is 45.8 Å². The summed E-state index contributed by atoms with van der Waals surface area (Å²) in [4.78, 5) is 44.7. The number of esters is 1. The number of carbonyl (C=O) groups excluding carboxylic acids is 1. The van der Waals surface area contributed by atoms with Crippen molar-refractivity contribution in [2.45, 2.75) is 19.9 Å². The molecule has 0 spiro atoms. The highest BCUT2D eigenvalue weighted by Crippen LogP contribution is 2.36. The Morgan fingerprint density at radius 3 is 2.56 bits per heavy atom. The highest BCUT2D eigenvalue weighted by atomic mass is 32.1. The van der Waals surface area contributed by atoms with Crippen molar-refractivity contribution in [2.24, 2.45) is 4.99 Å². The van der Waals surface area contributed by atoms with Crippen LogP contribution >= 0.6 is 11.3 Å². The van der Waals surface area contributed by atoms with Crippen LogP contribution in [-0.4, -0.2) is 35.3 Å². The van der Waals surface area contributed by atoms with E-state index in [4.69, 9.17) is 18.9 Å². The molecule has 3 heterocycles. The molecule has 0 radical (unpaired) electrons. The van der Waals surface area contributed by atoms with Gasteiger partial charge in [0.25, 0.3) is 5.56 Å². The summed E-state index contributed by atoms with van der Waals surface area (Å²) in [6.45, 7) is 3.60. The number of rotatable bonds is 8. The fraction of sp³-hybridized carbons (Fsp3) is 0.143. The summed E-state index contributed by atoms with van der Waals surface area (Å²) in [6.07, 6.45) is 1.63. The van der Waals surface area contributed by atoms with Gasteiger partial charge in [0, 0.05) is 17.2 Å². The number of methoxy groups -OCH3 is 1. The lowest BCUT2D eigenvalue weighted by molar-refractivity contribution is -0.138. The lowest BCUT2D eigenvalue weighted by Crippen LogP contribution is -2.40. The third-order valence-corrected chi connectivity index (χ3v) is 8.50. The summed E-state index contributed by atoms with van der Waals surface area (Å²) in [5, 5.41) is 9.53. The number of benzene rings is 3. The number of carboxylic acid groups (broad SMARTS) is 1. The van der Waals surface area contributed by atoms with E-state index in [-0.39, 0.29) is 23.3 Å². The minimum absolute atomic E-state index is 0.148. The van der Waals surface area contributed by atoms with Crippen molar-refractivity contribution in [1.82, 2.24) is 4.57 Å². The zero-order chi connectivity index (χ0) is 31.7. The molecule has 1 aliphatic rings. The van der Waals surface area contributed by atoms with E-state index in [2.05, 4.69) is 0 Å². The van der Waals surface area contributed by atoms with Crippen molar-refractivity contribution in [3.05, 3.63) is 138 Å². The maximum absolute atomic E-state index is 14.1. The van der Waals surface area contributed by atoms with Crippen LogP contribution < -0.4 is 19.6 Å². The maximum atomic E-state index is 14.1. The van der Waals surface area contributed by atoms with E-state index in [0.717, 1.165) is 0 Å². The first-order valence-electron chi connectivity index (χ1n) is 14.2.